The SMILES string of the molecule is Cc1ccccc1N1C(=O)NC(=O)/C(=C\c2ccc(N3CCCC3)cc2)C1=O. The molecule has 2 aliphatic rings. The number of nitrogens with one attached hydrogen (secondary N) is 1. The number of nitrogens with zero attached hydrogens (tertiary/aromatic N) is 2. The number of urea groups is 1. The predicted octanol–water partition coefficient (Wildman–Crippen LogP) is 3.26. The van der Waals surface area contributed by atoms with Crippen molar-refractivity contribution in [2.75, 3.05) is 22.9 Å². The van der Waals surface area contributed by atoms with Crippen LogP contribution in [0, 0.1) is 6.92 Å². The van der Waals surface area contributed by atoms with E-state index < -0.39 is 17.8 Å². The first-order chi connectivity index (χ1) is 13.5. The molecule has 2 fully saturated rings. The van der Waals surface area contributed by atoms with Gasteiger partial charge in [-0.3, -0.25) is 14.9 Å². The Kier molecular flexibility index (Phi) is 4.69. The van der Waals surface area contributed by atoms with Crippen LogP contribution in [0.25, 0.3) is 6.08 Å². The minimum atomic E-state index is -0.731. The van der Waals surface area contributed by atoms with Gasteiger partial charge in [0.15, 0.2) is 0 Å². The number of amides is 4. The van der Waals surface area contributed by atoms with Crippen LogP contribution >= 0.6 is 0 Å². The molecule has 2 saturated heterocycles. The second kappa shape index (κ2) is 7.31. The normalized spacial score (nSPS) is 18.8. The predicted molar refractivity (Wildman–Crippen MR) is 108 cm³/mol. The number of aryl methyl sites for hydroxylation is 1. The Hall–Kier alpha value is -3.41. The number of anilines is 2. The highest BCUT2D eigenvalue weighted by atomic mass is 16.2. The summed E-state index contributed by atoms with van der Waals surface area (Å²) in [6.07, 6.45) is 3.93. The van der Waals surface area contributed by atoms with Crippen LogP contribution in [0.5, 0.6) is 0 Å². The van der Waals surface area contributed by atoms with Gasteiger partial charge in [0.2, 0.25) is 0 Å². The van der Waals surface area contributed by atoms with Crippen LogP contribution in [0.2, 0.25) is 0 Å². The summed E-state index contributed by atoms with van der Waals surface area (Å²) in [7, 11) is 0. The van der Waals surface area contributed by atoms with Gasteiger partial charge in [-0.2, -0.15) is 0 Å². The summed E-state index contributed by atoms with van der Waals surface area (Å²) < 4.78 is 0. The van der Waals surface area contributed by atoms with Gasteiger partial charge in [-0.05, 0) is 55.2 Å². The summed E-state index contributed by atoms with van der Waals surface area (Å²) in [5.41, 5.74) is 3.05. The molecule has 0 unspecified atom stereocenters. The van der Waals surface area contributed by atoms with Crippen LogP contribution < -0.4 is 15.1 Å². The van der Waals surface area contributed by atoms with E-state index >= 15 is 0 Å². The van der Waals surface area contributed by atoms with Crippen molar-refractivity contribution in [3.63, 3.8) is 0 Å². The van der Waals surface area contributed by atoms with Crippen molar-refractivity contribution in [3.8, 4) is 0 Å². The van der Waals surface area contributed by atoms with E-state index in [0.29, 0.717) is 5.69 Å². The molecular weight excluding hydrogens is 354 g/mol. The Labute approximate surface area is 163 Å². The smallest absolute Gasteiger partial charge is 0.335 e. The van der Waals surface area contributed by atoms with Gasteiger partial charge in [0.1, 0.15) is 5.57 Å². The molecule has 2 aliphatic heterocycles. The lowest BCUT2D eigenvalue weighted by Crippen LogP contribution is -2.54. The van der Waals surface area contributed by atoms with Crippen molar-refractivity contribution in [2.45, 2.75) is 19.8 Å². The van der Waals surface area contributed by atoms with Crippen LogP contribution in [0.3, 0.4) is 0 Å². The van der Waals surface area contributed by atoms with E-state index in [-0.39, 0.29) is 5.57 Å². The average molecular weight is 375 g/mol. The molecule has 2 aromatic rings. The maximum absolute atomic E-state index is 12.9. The first kappa shape index (κ1) is 18.0. The maximum atomic E-state index is 12.9. The third kappa shape index (κ3) is 3.29. The zero-order chi connectivity index (χ0) is 19.7. The molecule has 4 amide bonds. The summed E-state index contributed by atoms with van der Waals surface area (Å²) in [5, 5.41) is 2.26. The van der Waals surface area contributed by atoms with E-state index in [4.69, 9.17) is 0 Å². The van der Waals surface area contributed by atoms with Crippen molar-refractivity contribution < 1.29 is 14.4 Å². The second-order valence-corrected chi connectivity index (χ2v) is 7.03. The molecule has 0 spiro atoms. The summed E-state index contributed by atoms with van der Waals surface area (Å²) in [4.78, 5) is 40.9. The summed E-state index contributed by atoms with van der Waals surface area (Å²) in [6.45, 7) is 3.91. The first-order valence-corrected chi connectivity index (χ1v) is 9.37. The molecule has 0 radical (unpaired) electrons. The number of hydrogen-bond donors (Lipinski definition) is 1. The Balaban J connectivity index is 1.64. The van der Waals surface area contributed by atoms with Gasteiger partial charge in [-0.1, -0.05) is 30.3 Å². The van der Waals surface area contributed by atoms with Gasteiger partial charge in [-0.25, -0.2) is 9.69 Å². The van der Waals surface area contributed by atoms with Crippen molar-refractivity contribution in [1.82, 2.24) is 5.32 Å². The largest absolute Gasteiger partial charge is 0.372 e. The fourth-order valence-electron chi connectivity index (χ4n) is 3.61. The number of rotatable bonds is 3. The highest BCUT2D eigenvalue weighted by molar-refractivity contribution is 6.39. The van der Waals surface area contributed by atoms with E-state index in [1.54, 1.807) is 12.1 Å². The van der Waals surface area contributed by atoms with E-state index in [0.717, 1.165) is 34.8 Å². The van der Waals surface area contributed by atoms with Gasteiger partial charge in [0.25, 0.3) is 11.8 Å². The molecule has 6 nitrogen and oxygen atoms in total. The lowest BCUT2D eigenvalue weighted by Gasteiger charge is -2.27. The van der Waals surface area contributed by atoms with Gasteiger partial charge in [0.05, 0.1) is 5.69 Å². The third-order valence-corrected chi connectivity index (χ3v) is 5.13. The number of hydrogen-bond acceptors (Lipinski definition) is 4. The van der Waals surface area contributed by atoms with Crippen LogP contribution in [-0.2, 0) is 9.59 Å². The van der Waals surface area contributed by atoms with Crippen LogP contribution in [0.15, 0.2) is 54.1 Å². The molecule has 6 heteroatoms. The lowest BCUT2D eigenvalue weighted by atomic mass is 10.1. The maximum Gasteiger partial charge on any atom is 0.335 e. The van der Waals surface area contributed by atoms with Crippen LogP contribution in [0.4, 0.5) is 16.2 Å². The molecule has 2 heterocycles. The molecule has 1 N–H and O–H groups in total. The third-order valence-electron chi connectivity index (χ3n) is 5.13. The van der Waals surface area contributed by atoms with Crippen molar-refractivity contribution >= 4 is 35.3 Å². The topological polar surface area (TPSA) is 69.7 Å². The van der Waals surface area contributed by atoms with Gasteiger partial charge in [0, 0.05) is 18.8 Å². The number of para-hydroxylation sites is 1. The fraction of sp³-hybridized carbons (Fsp3) is 0.227. The number of imide groups is 2. The van der Waals surface area contributed by atoms with Crippen molar-refractivity contribution in [1.29, 1.82) is 0 Å². The van der Waals surface area contributed by atoms with Crippen LogP contribution in [-0.4, -0.2) is 30.9 Å². The Bertz CT molecular complexity index is 973. The Morgan fingerprint density at radius 1 is 0.929 bits per heavy atom. The number of carbonyl (C=O) groups is 3. The average Bonchev–Trinajstić information content (AvgIpc) is 3.22. The molecule has 0 bridgehead atoms. The van der Waals surface area contributed by atoms with Crippen LogP contribution in [0.1, 0.15) is 24.0 Å². The molecule has 0 aromatic heterocycles. The van der Waals surface area contributed by atoms with Gasteiger partial charge >= 0.3 is 6.03 Å². The zero-order valence-electron chi connectivity index (χ0n) is 15.6. The number of carbonyl (C=O) groups excluding carboxylic acids is 3. The Morgan fingerprint density at radius 3 is 2.29 bits per heavy atom. The molecule has 142 valence electrons. The standard InChI is InChI=1S/C22H21N3O3/c1-15-6-2-3-7-19(15)25-21(27)18(20(26)23-22(25)28)14-16-8-10-17(11-9-16)24-12-4-5-13-24/h2-3,6-11,14H,4-5,12-13H2,1H3,(H,23,26,28)/b18-14+. The highest BCUT2D eigenvalue weighted by Gasteiger charge is 2.37. The number of benzene rings is 2. The molecule has 4 rings (SSSR count). The summed E-state index contributed by atoms with van der Waals surface area (Å²) >= 11 is 0. The second-order valence-electron chi connectivity index (χ2n) is 7.03. The monoisotopic (exact) mass is 375 g/mol. The van der Waals surface area contributed by atoms with Crippen molar-refractivity contribution in [3.05, 3.63) is 65.2 Å². The lowest BCUT2D eigenvalue weighted by molar-refractivity contribution is -0.122. The molecule has 0 aliphatic carbocycles. The molecule has 0 atom stereocenters. The first-order valence-electron chi connectivity index (χ1n) is 9.37. The molecule has 28 heavy (non-hydrogen) atoms. The van der Waals surface area contributed by atoms with E-state index in [1.165, 1.54) is 18.9 Å². The minimum Gasteiger partial charge on any atom is -0.372 e. The van der Waals surface area contributed by atoms with E-state index in [2.05, 4.69) is 10.2 Å². The van der Waals surface area contributed by atoms with E-state index in [9.17, 15) is 14.4 Å². The van der Waals surface area contributed by atoms with Crippen molar-refractivity contribution in [2.24, 2.45) is 0 Å². The fourth-order valence-corrected chi connectivity index (χ4v) is 3.61. The number of barbiturate groups is 1. The summed E-state index contributed by atoms with van der Waals surface area (Å²) in [5.74, 6) is -1.30. The Morgan fingerprint density at radius 2 is 1.61 bits per heavy atom. The molecule has 0 saturated carbocycles. The zero-order valence-corrected chi connectivity index (χ0v) is 15.6. The summed E-state index contributed by atoms with van der Waals surface area (Å²) in [6, 6.07) is 14.1. The minimum absolute atomic E-state index is 0.0585. The highest BCUT2D eigenvalue weighted by Crippen LogP contribution is 2.26. The molecular formula is C22H21N3O3. The van der Waals surface area contributed by atoms with E-state index in [1.807, 2.05) is 43.3 Å². The molecule has 2 aromatic carbocycles. The quantitative estimate of drug-likeness (QED) is 0.660. The van der Waals surface area contributed by atoms with Gasteiger partial charge < -0.3 is 4.90 Å². The van der Waals surface area contributed by atoms with Gasteiger partial charge in [-0.15, -0.1) is 0 Å².